The molecule has 2 N–H and O–H groups in total. The fraction of sp³-hybridized carbons (Fsp3) is 0.458. The monoisotopic (exact) mass is 382 g/mol. The van der Waals surface area contributed by atoms with Crippen LogP contribution in [0.25, 0.3) is 0 Å². The van der Waals surface area contributed by atoms with Crippen molar-refractivity contribution in [3.63, 3.8) is 0 Å². The van der Waals surface area contributed by atoms with Gasteiger partial charge in [0.2, 0.25) is 0 Å². The first-order valence-corrected chi connectivity index (χ1v) is 9.86. The molecule has 0 saturated heterocycles. The first-order valence-electron chi connectivity index (χ1n) is 9.86. The van der Waals surface area contributed by atoms with E-state index in [0.717, 1.165) is 11.1 Å². The SMILES string of the molecule is CC(C)(C)N[C@H](C(=O)OCc1ccccc1)[C@H](NC(C)(C)C)c1ccccc1. The van der Waals surface area contributed by atoms with Crippen LogP contribution in [-0.4, -0.2) is 23.1 Å². The van der Waals surface area contributed by atoms with E-state index in [1.807, 2.05) is 60.7 Å². The number of carbonyl (C=O) groups is 1. The van der Waals surface area contributed by atoms with Crippen molar-refractivity contribution >= 4 is 5.97 Å². The maximum absolute atomic E-state index is 13.2. The molecule has 28 heavy (non-hydrogen) atoms. The lowest BCUT2D eigenvalue weighted by Gasteiger charge is -2.37. The van der Waals surface area contributed by atoms with Gasteiger partial charge in [-0.3, -0.25) is 10.1 Å². The quantitative estimate of drug-likeness (QED) is 0.686. The zero-order valence-corrected chi connectivity index (χ0v) is 18.0. The molecule has 152 valence electrons. The molecule has 0 amide bonds. The van der Waals surface area contributed by atoms with E-state index < -0.39 is 6.04 Å². The number of carbonyl (C=O) groups excluding carboxylic acids is 1. The Balaban J connectivity index is 2.30. The van der Waals surface area contributed by atoms with Crippen LogP contribution in [0, 0.1) is 0 Å². The van der Waals surface area contributed by atoms with Gasteiger partial charge in [-0.15, -0.1) is 0 Å². The van der Waals surface area contributed by atoms with E-state index in [2.05, 4.69) is 52.2 Å². The minimum absolute atomic E-state index is 0.169. The summed E-state index contributed by atoms with van der Waals surface area (Å²) in [4.78, 5) is 13.2. The number of rotatable bonds is 7. The van der Waals surface area contributed by atoms with Crippen LogP contribution in [0.1, 0.15) is 58.7 Å². The molecular formula is C24H34N2O2. The van der Waals surface area contributed by atoms with Gasteiger partial charge in [0.05, 0.1) is 6.04 Å². The number of hydrogen-bond donors (Lipinski definition) is 2. The third-order valence-corrected chi connectivity index (χ3v) is 4.15. The molecule has 0 radical (unpaired) electrons. The molecule has 0 fully saturated rings. The van der Waals surface area contributed by atoms with Crippen LogP contribution < -0.4 is 10.6 Å². The summed E-state index contributed by atoms with van der Waals surface area (Å²) >= 11 is 0. The summed E-state index contributed by atoms with van der Waals surface area (Å²) in [6.07, 6.45) is 0. The molecule has 0 unspecified atom stereocenters. The van der Waals surface area contributed by atoms with Crippen molar-refractivity contribution in [1.82, 2.24) is 10.6 Å². The fourth-order valence-corrected chi connectivity index (χ4v) is 3.05. The summed E-state index contributed by atoms with van der Waals surface area (Å²) in [6, 6.07) is 19.1. The molecule has 0 aliphatic heterocycles. The molecule has 2 aromatic rings. The molecule has 2 atom stereocenters. The number of hydrogen-bond acceptors (Lipinski definition) is 4. The predicted octanol–water partition coefficient (Wildman–Crippen LogP) is 4.62. The third kappa shape index (κ3) is 7.45. The van der Waals surface area contributed by atoms with Gasteiger partial charge in [-0.2, -0.15) is 0 Å². The highest BCUT2D eigenvalue weighted by molar-refractivity contribution is 5.77. The highest BCUT2D eigenvalue weighted by Gasteiger charge is 2.35. The van der Waals surface area contributed by atoms with Crippen LogP contribution in [0.5, 0.6) is 0 Å². The smallest absolute Gasteiger partial charge is 0.325 e. The topological polar surface area (TPSA) is 50.4 Å². The maximum Gasteiger partial charge on any atom is 0.325 e. The average Bonchev–Trinajstić information content (AvgIpc) is 2.62. The Morgan fingerprint density at radius 1 is 0.821 bits per heavy atom. The van der Waals surface area contributed by atoms with E-state index in [9.17, 15) is 4.79 Å². The Bertz CT molecular complexity index is 731. The van der Waals surface area contributed by atoms with E-state index in [0.29, 0.717) is 0 Å². The number of nitrogens with one attached hydrogen (secondary N) is 2. The van der Waals surface area contributed by atoms with Gasteiger partial charge in [-0.25, -0.2) is 0 Å². The molecule has 4 heteroatoms. The van der Waals surface area contributed by atoms with Crippen molar-refractivity contribution in [3.05, 3.63) is 71.8 Å². The Morgan fingerprint density at radius 2 is 1.32 bits per heavy atom. The highest BCUT2D eigenvalue weighted by atomic mass is 16.5. The molecule has 4 nitrogen and oxygen atoms in total. The van der Waals surface area contributed by atoms with Crippen LogP contribution in [0.15, 0.2) is 60.7 Å². The van der Waals surface area contributed by atoms with Crippen LogP contribution in [-0.2, 0) is 16.1 Å². The standard InChI is InChI=1S/C24H34N2O2/c1-23(2,3)25-20(19-15-11-8-12-16-19)21(26-24(4,5)6)22(27)28-17-18-13-9-7-10-14-18/h7-16,20-21,25-26H,17H2,1-6H3/t20-,21+/m1/s1. The summed E-state index contributed by atoms with van der Waals surface area (Å²) in [7, 11) is 0. The third-order valence-electron chi connectivity index (χ3n) is 4.15. The number of ether oxygens (including phenoxy) is 1. The van der Waals surface area contributed by atoms with Crippen molar-refractivity contribution in [3.8, 4) is 0 Å². The van der Waals surface area contributed by atoms with Crippen LogP contribution in [0.4, 0.5) is 0 Å². The van der Waals surface area contributed by atoms with Crippen molar-refractivity contribution in [2.24, 2.45) is 0 Å². The van der Waals surface area contributed by atoms with Crippen molar-refractivity contribution < 1.29 is 9.53 Å². The lowest BCUT2D eigenvalue weighted by molar-refractivity contribution is -0.149. The van der Waals surface area contributed by atoms with Crippen LogP contribution in [0.3, 0.4) is 0 Å². The predicted molar refractivity (Wildman–Crippen MR) is 115 cm³/mol. The van der Waals surface area contributed by atoms with Crippen LogP contribution in [0.2, 0.25) is 0 Å². The van der Waals surface area contributed by atoms with E-state index >= 15 is 0 Å². The molecule has 0 aliphatic carbocycles. The Morgan fingerprint density at radius 3 is 1.82 bits per heavy atom. The normalized spacial score (nSPS) is 14.4. The summed E-state index contributed by atoms with van der Waals surface area (Å²) in [5.41, 5.74) is 1.61. The summed E-state index contributed by atoms with van der Waals surface area (Å²) in [6.45, 7) is 12.8. The molecule has 0 spiro atoms. The minimum atomic E-state index is -0.523. The minimum Gasteiger partial charge on any atom is -0.460 e. The van der Waals surface area contributed by atoms with Gasteiger partial charge in [0.1, 0.15) is 12.6 Å². The molecule has 2 rings (SSSR count). The molecule has 0 bridgehead atoms. The van der Waals surface area contributed by atoms with Gasteiger partial charge in [-0.05, 0) is 52.7 Å². The van der Waals surface area contributed by atoms with Gasteiger partial charge in [-0.1, -0.05) is 60.7 Å². The van der Waals surface area contributed by atoms with Crippen molar-refractivity contribution in [1.29, 1.82) is 0 Å². The second kappa shape index (κ2) is 9.35. The highest BCUT2D eigenvalue weighted by Crippen LogP contribution is 2.23. The van der Waals surface area contributed by atoms with E-state index in [1.54, 1.807) is 0 Å². The Labute approximate surface area is 169 Å². The molecule has 0 aromatic heterocycles. The van der Waals surface area contributed by atoms with E-state index in [4.69, 9.17) is 4.74 Å². The zero-order chi connectivity index (χ0) is 20.8. The molecule has 0 heterocycles. The lowest BCUT2D eigenvalue weighted by atomic mass is 9.93. The number of esters is 1. The van der Waals surface area contributed by atoms with Crippen molar-refractivity contribution in [2.45, 2.75) is 71.3 Å². The first kappa shape index (κ1) is 22.1. The maximum atomic E-state index is 13.2. The van der Waals surface area contributed by atoms with Gasteiger partial charge in [0, 0.05) is 11.1 Å². The van der Waals surface area contributed by atoms with Gasteiger partial charge < -0.3 is 10.1 Å². The first-order chi connectivity index (χ1) is 13.1. The van der Waals surface area contributed by atoms with Crippen molar-refractivity contribution in [2.75, 3.05) is 0 Å². The average molecular weight is 383 g/mol. The summed E-state index contributed by atoms with van der Waals surface area (Å²) < 4.78 is 5.71. The Hall–Kier alpha value is -2.17. The zero-order valence-electron chi connectivity index (χ0n) is 18.0. The Kier molecular flexibility index (Phi) is 7.39. The lowest BCUT2D eigenvalue weighted by Crippen LogP contribution is -2.56. The molecule has 0 saturated carbocycles. The fourth-order valence-electron chi connectivity index (χ4n) is 3.05. The van der Waals surface area contributed by atoms with E-state index in [1.165, 1.54) is 0 Å². The van der Waals surface area contributed by atoms with E-state index in [-0.39, 0.29) is 29.7 Å². The summed E-state index contributed by atoms with van der Waals surface area (Å²) in [5.74, 6) is -0.260. The molecule has 0 aliphatic rings. The number of benzene rings is 2. The van der Waals surface area contributed by atoms with Gasteiger partial charge >= 0.3 is 5.97 Å². The van der Waals surface area contributed by atoms with Gasteiger partial charge in [0.25, 0.3) is 0 Å². The second-order valence-corrected chi connectivity index (χ2v) is 9.25. The molecular weight excluding hydrogens is 348 g/mol. The van der Waals surface area contributed by atoms with Gasteiger partial charge in [0.15, 0.2) is 0 Å². The molecule has 2 aromatic carbocycles. The van der Waals surface area contributed by atoms with Crippen LogP contribution >= 0.6 is 0 Å². The summed E-state index contributed by atoms with van der Waals surface area (Å²) in [5, 5.41) is 7.09. The second-order valence-electron chi connectivity index (χ2n) is 9.25. The largest absolute Gasteiger partial charge is 0.460 e.